The van der Waals surface area contributed by atoms with Crippen LogP contribution < -0.4 is 5.32 Å². The minimum Gasteiger partial charge on any atom is -0.465 e. The summed E-state index contributed by atoms with van der Waals surface area (Å²) >= 11 is 0. The molecule has 2 aliphatic rings. The molecule has 7 nitrogen and oxygen atoms in total. The maximum absolute atomic E-state index is 12.7. The van der Waals surface area contributed by atoms with E-state index in [2.05, 4.69) is 5.32 Å². The van der Waals surface area contributed by atoms with Crippen LogP contribution in [-0.2, 0) is 21.2 Å². The molecular weight excluding hydrogens is 320 g/mol. The average molecular weight is 340 g/mol. The lowest BCUT2D eigenvalue weighted by Gasteiger charge is -2.29. The molecule has 0 saturated carbocycles. The van der Waals surface area contributed by atoms with Gasteiger partial charge in [0.25, 0.3) is 0 Å². The van der Waals surface area contributed by atoms with Crippen LogP contribution in [0, 0.1) is 0 Å². The highest BCUT2D eigenvalue weighted by atomic mass is 32.2. The fraction of sp³-hybridized carbons (Fsp3) is 0.533. The van der Waals surface area contributed by atoms with Crippen molar-refractivity contribution in [3.63, 3.8) is 0 Å². The number of nitrogens with zero attached hydrogens (tertiary/aromatic N) is 1. The van der Waals surface area contributed by atoms with Gasteiger partial charge in [0.1, 0.15) is 0 Å². The van der Waals surface area contributed by atoms with E-state index in [1.54, 1.807) is 0 Å². The second-order valence-corrected chi connectivity index (χ2v) is 7.87. The minimum absolute atomic E-state index is 0.0883. The number of hydrogen-bond acceptors (Lipinski definition) is 4. The predicted molar refractivity (Wildman–Crippen MR) is 84.0 cm³/mol. The number of sulfonamides is 1. The van der Waals surface area contributed by atoms with Gasteiger partial charge in [-0.15, -0.1) is 0 Å². The zero-order valence-corrected chi connectivity index (χ0v) is 13.5. The van der Waals surface area contributed by atoms with E-state index in [4.69, 9.17) is 9.84 Å². The normalized spacial score (nSPS) is 25.0. The SMILES string of the molecule is O=C(O)N[C@@H]1Cc2ccccc2[C@H]1CS(=O)(=O)N1CCOCC1. The standard InChI is InChI=1S/C15H20N2O5S/c18-15(19)16-14-9-11-3-1-2-4-12(11)13(14)10-23(20,21)17-5-7-22-8-6-17/h1-4,13-14,16H,5-10H2,(H,18,19)/t13-,14-/m1/s1. The lowest BCUT2D eigenvalue weighted by atomic mass is 10.0. The third-order valence-electron chi connectivity index (χ3n) is 4.44. The van der Waals surface area contributed by atoms with Gasteiger partial charge in [0.05, 0.1) is 19.0 Å². The fourth-order valence-corrected chi connectivity index (χ4v) is 5.13. The molecule has 2 atom stereocenters. The van der Waals surface area contributed by atoms with Gasteiger partial charge in [-0.05, 0) is 17.5 Å². The molecule has 1 saturated heterocycles. The quantitative estimate of drug-likeness (QED) is 0.838. The first-order chi connectivity index (χ1) is 11.0. The molecule has 1 aliphatic heterocycles. The summed E-state index contributed by atoms with van der Waals surface area (Å²) in [7, 11) is -3.46. The van der Waals surface area contributed by atoms with E-state index in [1.165, 1.54) is 4.31 Å². The van der Waals surface area contributed by atoms with Crippen molar-refractivity contribution in [1.82, 2.24) is 9.62 Å². The van der Waals surface area contributed by atoms with Crippen LogP contribution >= 0.6 is 0 Å². The Morgan fingerprint density at radius 3 is 2.70 bits per heavy atom. The Labute approximate surface area is 135 Å². The lowest BCUT2D eigenvalue weighted by Crippen LogP contribution is -2.45. The maximum atomic E-state index is 12.7. The van der Waals surface area contributed by atoms with Crippen LogP contribution in [-0.4, -0.2) is 62.0 Å². The molecule has 0 spiro atoms. The van der Waals surface area contributed by atoms with Crippen molar-refractivity contribution < 1.29 is 23.1 Å². The number of benzene rings is 1. The molecule has 0 radical (unpaired) electrons. The highest BCUT2D eigenvalue weighted by Gasteiger charge is 2.38. The van der Waals surface area contributed by atoms with E-state index in [-0.39, 0.29) is 11.7 Å². The fourth-order valence-electron chi connectivity index (χ4n) is 3.35. The third-order valence-corrected chi connectivity index (χ3v) is 6.37. The maximum Gasteiger partial charge on any atom is 0.404 e. The van der Waals surface area contributed by atoms with Crippen molar-refractivity contribution in [3.05, 3.63) is 35.4 Å². The Hall–Kier alpha value is -1.64. The molecule has 0 aromatic heterocycles. The number of nitrogens with one attached hydrogen (secondary N) is 1. The van der Waals surface area contributed by atoms with Gasteiger partial charge in [-0.2, -0.15) is 4.31 Å². The predicted octanol–water partition coefficient (Wildman–Crippen LogP) is 0.624. The molecule has 0 bridgehead atoms. The molecule has 1 aliphatic carbocycles. The van der Waals surface area contributed by atoms with Crippen LogP contribution in [0.2, 0.25) is 0 Å². The van der Waals surface area contributed by atoms with Gasteiger partial charge < -0.3 is 15.2 Å². The number of carbonyl (C=O) groups is 1. The van der Waals surface area contributed by atoms with Crippen LogP contribution in [0.25, 0.3) is 0 Å². The summed E-state index contributed by atoms with van der Waals surface area (Å²) in [6, 6.07) is 7.14. The summed E-state index contributed by atoms with van der Waals surface area (Å²) in [5, 5.41) is 11.5. The Kier molecular flexibility index (Phi) is 4.56. The average Bonchev–Trinajstić information content (AvgIpc) is 2.85. The van der Waals surface area contributed by atoms with Gasteiger partial charge in [0.2, 0.25) is 10.0 Å². The summed E-state index contributed by atoms with van der Waals surface area (Å²) in [6.07, 6.45) is -0.609. The second-order valence-electron chi connectivity index (χ2n) is 5.86. The topological polar surface area (TPSA) is 95.9 Å². The molecule has 126 valence electrons. The molecule has 1 aromatic carbocycles. The van der Waals surface area contributed by atoms with Gasteiger partial charge >= 0.3 is 6.09 Å². The number of hydrogen-bond donors (Lipinski definition) is 2. The summed E-state index contributed by atoms with van der Waals surface area (Å²) in [6.45, 7) is 1.51. The number of morpholine rings is 1. The highest BCUT2D eigenvalue weighted by Crippen LogP contribution is 2.35. The smallest absolute Gasteiger partial charge is 0.404 e. The van der Waals surface area contributed by atoms with Crippen molar-refractivity contribution in [1.29, 1.82) is 0 Å². The first-order valence-corrected chi connectivity index (χ1v) is 9.21. The molecular formula is C15H20N2O5S. The van der Waals surface area contributed by atoms with E-state index < -0.39 is 22.2 Å². The van der Waals surface area contributed by atoms with Crippen LogP contribution in [0.4, 0.5) is 4.79 Å². The van der Waals surface area contributed by atoms with Gasteiger partial charge in [0.15, 0.2) is 0 Å². The molecule has 0 unspecified atom stereocenters. The third kappa shape index (κ3) is 3.49. The summed E-state index contributed by atoms with van der Waals surface area (Å²) < 4.78 is 32.0. The number of rotatable bonds is 4. The molecule has 8 heteroatoms. The van der Waals surface area contributed by atoms with Gasteiger partial charge in [-0.3, -0.25) is 0 Å². The van der Waals surface area contributed by atoms with Gasteiger partial charge in [-0.1, -0.05) is 24.3 Å². The number of ether oxygens (including phenoxy) is 1. The second kappa shape index (κ2) is 6.46. The molecule has 1 heterocycles. The van der Waals surface area contributed by atoms with Crippen molar-refractivity contribution >= 4 is 16.1 Å². The Morgan fingerprint density at radius 2 is 2.00 bits per heavy atom. The van der Waals surface area contributed by atoms with E-state index in [9.17, 15) is 13.2 Å². The zero-order chi connectivity index (χ0) is 16.4. The molecule has 2 N–H and O–H groups in total. The van der Waals surface area contributed by atoms with Crippen molar-refractivity contribution in [3.8, 4) is 0 Å². The number of fused-ring (bicyclic) bond motifs is 1. The van der Waals surface area contributed by atoms with Crippen molar-refractivity contribution in [2.75, 3.05) is 32.1 Å². The first-order valence-electron chi connectivity index (χ1n) is 7.60. The molecule has 23 heavy (non-hydrogen) atoms. The Morgan fingerprint density at radius 1 is 1.30 bits per heavy atom. The lowest BCUT2D eigenvalue weighted by molar-refractivity contribution is 0.0729. The molecule has 1 aromatic rings. The van der Waals surface area contributed by atoms with Crippen molar-refractivity contribution in [2.24, 2.45) is 0 Å². The number of carboxylic acid groups (broad SMARTS) is 1. The van der Waals surface area contributed by atoms with Crippen molar-refractivity contribution in [2.45, 2.75) is 18.4 Å². The Balaban J connectivity index is 1.84. The van der Waals surface area contributed by atoms with Crippen LogP contribution in [0.5, 0.6) is 0 Å². The van der Waals surface area contributed by atoms with E-state index in [0.29, 0.717) is 32.7 Å². The number of amides is 1. The van der Waals surface area contributed by atoms with E-state index in [0.717, 1.165) is 11.1 Å². The zero-order valence-electron chi connectivity index (χ0n) is 12.6. The summed E-state index contributed by atoms with van der Waals surface area (Å²) in [4.78, 5) is 11.0. The molecule has 1 fully saturated rings. The molecule has 1 amide bonds. The Bertz CT molecular complexity index is 685. The largest absolute Gasteiger partial charge is 0.465 e. The molecule has 3 rings (SSSR count). The highest BCUT2D eigenvalue weighted by molar-refractivity contribution is 7.89. The monoisotopic (exact) mass is 340 g/mol. The van der Waals surface area contributed by atoms with E-state index in [1.807, 2.05) is 24.3 Å². The van der Waals surface area contributed by atoms with Gasteiger partial charge in [-0.25, -0.2) is 13.2 Å². The van der Waals surface area contributed by atoms with Crippen LogP contribution in [0.15, 0.2) is 24.3 Å². The minimum atomic E-state index is -3.46. The first kappa shape index (κ1) is 16.2. The van der Waals surface area contributed by atoms with Crippen LogP contribution in [0.1, 0.15) is 17.0 Å². The summed E-state index contributed by atoms with van der Waals surface area (Å²) in [5.74, 6) is -0.454. The summed E-state index contributed by atoms with van der Waals surface area (Å²) in [5.41, 5.74) is 1.93. The van der Waals surface area contributed by atoms with E-state index >= 15 is 0 Å². The van der Waals surface area contributed by atoms with Gasteiger partial charge in [0, 0.05) is 25.0 Å². The van der Waals surface area contributed by atoms with Crippen LogP contribution in [0.3, 0.4) is 0 Å².